The van der Waals surface area contributed by atoms with E-state index in [-0.39, 0.29) is 66.8 Å². The van der Waals surface area contributed by atoms with Crippen molar-refractivity contribution in [1.29, 1.82) is 0 Å². The second-order valence-corrected chi connectivity index (χ2v) is 10.7. The minimum Gasteiger partial charge on any atom is -1.00 e. The van der Waals surface area contributed by atoms with Crippen molar-refractivity contribution in [3.63, 3.8) is 0 Å². The molecule has 2 aliphatic rings. The molecule has 8 nitrogen and oxygen atoms in total. The van der Waals surface area contributed by atoms with E-state index in [1.165, 1.54) is 0 Å². The van der Waals surface area contributed by atoms with Crippen molar-refractivity contribution >= 4 is 62.4 Å². The minimum atomic E-state index is -0.886. The first-order valence-electron chi connectivity index (χ1n) is 13.9. The Kier molecular flexibility index (Phi) is 14.3. The van der Waals surface area contributed by atoms with Crippen LogP contribution in [0.5, 0.6) is 0 Å². The number of allylic oxidation sites excluding steroid dienone is 5. The van der Waals surface area contributed by atoms with Gasteiger partial charge in [-0.2, -0.15) is 0 Å². The normalized spacial score (nSPS) is 11.9. The van der Waals surface area contributed by atoms with Gasteiger partial charge in [-0.25, -0.2) is 9.97 Å². The Bertz CT molecular complexity index is 1940. The molecule has 12 heteroatoms. The molecule has 2 aliphatic heterocycles. The van der Waals surface area contributed by atoms with Gasteiger partial charge in [-0.15, -0.1) is 0 Å². The molecule has 0 unspecified atom stereocenters. The number of aromatic nitrogens is 4. The Morgan fingerprint density at radius 1 is 0.696 bits per heavy atom. The predicted octanol–water partition coefficient (Wildman–Crippen LogP) is -1.49. The van der Waals surface area contributed by atoms with Gasteiger partial charge in [-0.05, 0) is 98.2 Å². The van der Waals surface area contributed by atoms with Crippen LogP contribution in [0.25, 0.3) is 50.4 Å². The van der Waals surface area contributed by atoms with E-state index in [9.17, 15) is 19.8 Å². The molecule has 8 bridgehead atoms. The molecule has 0 radical (unpaired) electrons. The quantitative estimate of drug-likeness (QED) is 0.224. The monoisotopic (exact) mass is 726 g/mol. The average Bonchev–Trinajstić information content (AvgIpc) is 3.59. The maximum atomic E-state index is 11.5. The van der Waals surface area contributed by atoms with Crippen molar-refractivity contribution in [3.05, 3.63) is 88.5 Å². The van der Waals surface area contributed by atoms with Gasteiger partial charge in [0.15, 0.2) is 0 Å². The van der Waals surface area contributed by atoms with Gasteiger partial charge in [-0.3, -0.25) is 9.59 Å². The number of aromatic amines is 2. The zero-order valence-corrected chi connectivity index (χ0v) is 29.1. The van der Waals surface area contributed by atoms with Crippen molar-refractivity contribution in [3.8, 4) is 0 Å². The zero-order valence-electron chi connectivity index (χ0n) is 25.8. The Labute approximate surface area is 296 Å². The van der Waals surface area contributed by atoms with Gasteiger partial charge in [0.05, 0.1) is 22.8 Å². The molecule has 0 saturated heterocycles. The molecule has 0 atom stereocenters. The fraction of sp³-hybridized carbons (Fsp3) is 0.235. The number of hydrogen-bond acceptors (Lipinski definition) is 4. The maximum Gasteiger partial charge on any atom is 3.00 e. The summed E-state index contributed by atoms with van der Waals surface area (Å²) in [5.41, 5.74) is 13.7. The van der Waals surface area contributed by atoms with Crippen LogP contribution in [0.1, 0.15) is 78.1 Å². The Morgan fingerprint density at radius 3 is 1.85 bits per heavy atom. The van der Waals surface area contributed by atoms with Crippen LogP contribution in [0.4, 0.5) is 0 Å². The summed E-state index contributed by atoms with van der Waals surface area (Å²) < 4.78 is 0. The summed E-state index contributed by atoms with van der Waals surface area (Å²) in [4.78, 5) is 40.0. The van der Waals surface area contributed by atoms with Crippen LogP contribution in [0.15, 0.2) is 43.5 Å². The van der Waals surface area contributed by atoms with E-state index in [4.69, 9.17) is 9.97 Å². The molecule has 4 N–H and O–H groups in total. The summed E-state index contributed by atoms with van der Waals surface area (Å²) in [6.07, 6.45) is 4.22. The largest absolute Gasteiger partial charge is 3.00 e. The molecule has 0 spiro atoms. The summed E-state index contributed by atoms with van der Waals surface area (Å²) in [5.74, 6) is -1.76. The van der Waals surface area contributed by atoms with Crippen molar-refractivity contribution < 1.29 is 73.8 Å². The van der Waals surface area contributed by atoms with Crippen molar-refractivity contribution in [2.24, 2.45) is 0 Å². The summed E-state index contributed by atoms with van der Waals surface area (Å²) in [5, 5.41) is 18.9. The van der Waals surface area contributed by atoms with Gasteiger partial charge in [0.25, 0.3) is 0 Å². The Morgan fingerprint density at radius 2 is 1.24 bits per heavy atom. The third kappa shape index (κ3) is 7.67. The van der Waals surface area contributed by atoms with E-state index < -0.39 is 11.9 Å². The third-order valence-corrected chi connectivity index (χ3v) is 8.22. The maximum absolute atomic E-state index is 11.5. The molecule has 0 saturated carbocycles. The second-order valence-electron chi connectivity index (χ2n) is 10.7. The van der Waals surface area contributed by atoms with Gasteiger partial charge in [0.2, 0.25) is 0 Å². The fourth-order valence-corrected chi connectivity index (χ4v) is 5.77. The standard InChI is InChI=1S/C34H34N4O4.3ClH.Co/c1-7-21-17(3)25-13-26-19(5)23(9-11-33(39)40)31(37-26)16-32-24(10-12-34(41)42)20(6)28(38-32)15-30-22(8-2)18(4)27(36-30)14-29(21)35-25;;;;/h7-8,13-16,36,38H,1-2,9-12H2,3-6H3,(H,39,40)(H,41,42);3*1H;/q;;;;+3/p-3. The van der Waals surface area contributed by atoms with Crippen molar-refractivity contribution in [2.75, 3.05) is 0 Å². The summed E-state index contributed by atoms with van der Waals surface area (Å²) in [6.45, 7) is 16.0. The topological polar surface area (TPSA) is 132 Å². The summed E-state index contributed by atoms with van der Waals surface area (Å²) >= 11 is 0. The number of halogens is 3. The molecule has 0 fully saturated rings. The number of fused-ring (bicyclic) bond motifs is 8. The second kappa shape index (κ2) is 16.3. The van der Waals surface area contributed by atoms with Crippen LogP contribution in [0.2, 0.25) is 0 Å². The molecule has 244 valence electrons. The summed E-state index contributed by atoms with van der Waals surface area (Å²) in [7, 11) is 0. The van der Waals surface area contributed by atoms with Crippen LogP contribution in [0, 0.1) is 13.8 Å². The number of carboxylic acid groups (broad SMARTS) is 2. The van der Waals surface area contributed by atoms with Crippen LogP contribution in [-0.2, 0) is 32.8 Å². The third-order valence-electron chi connectivity index (χ3n) is 8.22. The van der Waals surface area contributed by atoms with E-state index in [0.717, 1.165) is 78.0 Å². The summed E-state index contributed by atoms with van der Waals surface area (Å²) in [6, 6.07) is 7.88. The van der Waals surface area contributed by atoms with Crippen molar-refractivity contribution in [2.45, 2.75) is 53.4 Å². The molecule has 46 heavy (non-hydrogen) atoms. The van der Waals surface area contributed by atoms with Crippen LogP contribution in [0.3, 0.4) is 0 Å². The first-order valence-corrected chi connectivity index (χ1v) is 13.9. The molecule has 0 aromatic carbocycles. The first kappa shape index (κ1) is 40.4. The number of nitrogens with zero attached hydrogens (tertiary/aromatic N) is 2. The van der Waals surface area contributed by atoms with Gasteiger partial charge in [-0.1, -0.05) is 25.3 Å². The number of H-pyrrole nitrogens is 2. The van der Waals surface area contributed by atoms with Crippen LogP contribution in [-0.4, -0.2) is 42.1 Å². The van der Waals surface area contributed by atoms with E-state index in [0.29, 0.717) is 24.2 Å². The van der Waals surface area contributed by atoms with Crippen molar-refractivity contribution in [1.82, 2.24) is 19.9 Å². The molecular weight excluding hydrogens is 694 g/mol. The van der Waals surface area contributed by atoms with Crippen LogP contribution >= 0.6 is 0 Å². The van der Waals surface area contributed by atoms with Crippen LogP contribution < -0.4 is 37.2 Å². The number of aryl methyl sites for hydroxylation is 3. The number of hydrogen-bond donors (Lipinski definition) is 4. The fourth-order valence-electron chi connectivity index (χ4n) is 5.77. The number of carboxylic acids is 2. The molecular formula is C34H34Cl3CoN4O4. The van der Waals surface area contributed by atoms with E-state index >= 15 is 0 Å². The number of rotatable bonds is 8. The van der Waals surface area contributed by atoms with Gasteiger partial charge in [0, 0.05) is 46.0 Å². The van der Waals surface area contributed by atoms with E-state index in [2.05, 4.69) is 23.1 Å². The number of carbonyl (C=O) groups is 2. The predicted molar refractivity (Wildman–Crippen MR) is 169 cm³/mol. The average molecular weight is 728 g/mol. The first-order chi connectivity index (χ1) is 20.0. The van der Waals surface area contributed by atoms with Gasteiger partial charge < -0.3 is 57.4 Å². The smallest absolute Gasteiger partial charge is 1.00 e. The Balaban J connectivity index is 0.00000264. The van der Waals surface area contributed by atoms with E-state index in [1.807, 2.05) is 64.1 Å². The zero-order chi connectivity index (χ0) is 30.3. The Hall–Kier alpha value is -3.60. The molecule has 0 amide bonds. The number of aliphatic carboxylic acids is 2. The van der Waals surface area contributed by atoms with Gasteiger partial charge in [0.1, 0.15) is 0 Å². The molecule has 3 aromatic heterocycles. The SMILES string of the molecule is C=CC1=C(C)c2cc3nc(cc4[nH]c(cc5[nH]c(cc1n2)c(C)c5C=C)c(C)c4CCC(=O)O)C(CCC(=O)O)=C3C.[Cl-].[Cl-].[Cl-].[Co+3]. The molecule has 3 aromatic rings. The molecule has 0 aliphatic carbocycles. The molecule has 5 heterocycles. The van der Waals surface area contributed by atoms with Gasteiger partial charge >= 0.3 is 28.7 Å². The van der Waals surface area contributed by atoms with E-state index in [1.54, 1.807) is 0 Å². The minimum absolute atomic E-state index is 0. The number of nitrogens with one attached hydrogen (secondary N) is 2. The molecule has 5 rings (SSSR count).